The highest BCUT2D eigenvalue weighted by atomic mass is 16.8. The Morgan fingerprint density at radius 1 is 1.14 bits per heavy atom. The van der Waals surface area contributed by atoms with Gasteiger partial charge in [-0.15, -0.1) is 0 Å². The first-order chi connectivity index (χ1) is 9.75. The number of hydrogen-bond donors (Lipinski definition) is 0. The van der Waals surface area contributed by atoms with Crippen LogP contribution in [0.5, 0.6) is 0 Å². The maximum atomic E-state index is 11.3. The van der Waals surface area contributed by atoms with Gasteiger partial charge in [-0.25, -0.2) is 0 Å². The Labute approximate surface area is 129 Å². The highest BCUT2D eigenvalue weighted by Crippen LogP contribution is 2.36. The van der Waals surface area contributed by atoms with Crippen molar-refractivity contribution in [3.63, 3.8) is 0 Å². The summed E-state index contributed by atoms with van der Waals surface area (Å²) in [7, 11) is 0. The van der Waals surface area contributed by atoms with Crippen LogP contribution >= 0.6 is 0 Å². The monoisotopic (exact) mass is 300 g/mol. The van der Waals surface area contributed by atoms with Crippen molar-refractivity contribution in [3.8, 4) is 0 Å². The second kappa shape index (κ2) is 8.14. The minimum absolute atomic E-state index is 0.0640. The van der Waals surface area contributed by atoms with Crippen LogP contribution in [0.15, 0.2) is 0 Å². The van der Waals surface area contributed by atoms with E-state index in [9.17, 15) is 4.79 Å². The molecule has 1 heterocycles. The third-order valence-corrected chi connectivity index (χ3v) is 3.90. The Morgan fingerprint density at radius 2 is 1.81 bits per heavy atom. The van der Waals surface area contributed by atoms with E-state index in [-0.39, 0.29) is 29.7 Å². The third kappa shape index (κ3) is 5.95. The molecule has 0 unspecified atom stereocenters. The van der Waals surface area contributed by atoms with E-state index in [0.717, 1.165) is 12.8 Å². The van der Waals surface area contributed by atoms with E-state index in [1.807, 2.05) is 6.92 Å². The fourth-order valence-corrected chi connectivity index (χ4v) is 2.55. The molecule has 4 atom stereocenters. The van der Waals surface area contributed by atoms with E-state index in [0.29, 0.717) is 0 Å². The number of carbonyl (C=O) groups excluding carboxylic acids is 1. The minimum atomic E-state index is -0.503. The Bertz CT molecular complexity index is 321. The van der Waals surface area contributed by atoms with Crippen molar-refractivity contribution in [1.29, 1.82) is 0 Å². The molecular formula is C17H32O4. The molecule has 1 rings (SSSR count). The van der Waals surface area contributed by atoms with Gasteiger partial charge in [0.05, 0.1) is 6.10 Å². The lowest BCUT2D eigenvalue weighted by molar-refractivity contribution is -0.345. The lowest BCUT2D eigenvalue weighted by atomic mass is 9.91. The number of ether oxygens (including phenoxy) is 3. The van der Waals surface area contributed by atoms with Gasteiger partial charge in [0, 0.05) is 18.3 Å². The number of unbranched alkanes of at least 4 members (excludes halogenated alkanes) is 3. The molecule has 0 bridgehead atoms. The van der Waals surface area contributed by atoms with E-state index in [1.54, 1.807) is 0 Å². The van der Waals surface area contributed by atoms with Crippen molar-refractivity contribution in [2.24, 2.45) is 11.3 Å². The van der Waals surface area contributed by atoms with Gasteiger partial charge in [-0.3, -0.25) is 4.79 Å². The summed E-state index contributed by atoms with van der Waals surface area (Å²) in [5.74, 6) is -0.236. The zero-order chi connectivity index (χ0) is 16.0. The van der Waals surface area contributed by atoms with Gasteiger partial charge in [0.2, 0.25) is 6.29 Å². The van der Waals surface area contributed by atoms with Crippen LogP contribution < -0.4 is 0 Å². The van der Waals surface area contributed by atoms with Crippen LogP contribution in [0.1, 0.15) is 73.6 Å². The fraction of sp³-hybridized carbons (Fsp3) is 0.941. The molecule has 0 saturated carbocycles. The molecule has 0 spiro atoms. The van der Waals surface area contributed by atoms with Gasteiger partial charge in [-0.2, -0.15) is 0 Å². The summed E-state index contributed by atoms with van der Waals surface area (Å²) in [5, 5.41) is 0. The molecule has 4 nitrogen and oxygen atoms in total. The van der Waals surface area contributed by atoms with Crippen LogP contribution in [0, 0.1) is 11.3 Å². The Kier molecular flexibility index (Phi) is 7.14. The molecule has 0 aromatic rings. The molecule has 124 valence electrons. The smallest absolute Gasteiger partial charge is 0.304 e. The molecule has 0 radical (unpaired) electrons. The quantitative estimate of drug-likeness (QED) is 0.543. The first-order valence-corrected chi connectivity index (χ1v) is 8.23. The summed E-state index contributed by atoms with van der Waals surface area (Å²) >= 11 is 0. The zero-order valence-electron chi connectivity index (χ0n) is 14.5. The van der Waals surface area contributed by atoms with E-state index < -0.39 is 6.29 Å². The number of esters is 1. The average Bonchev–Trinajstić information content (AvgIpc) is 2.36. The second-order valence-corrected chi connectivity index (χ2v) is 7.19. The summed E-state index contributed by atoms with van der Waals surface area (Å²) in [6.07, 6.45) is 5.09. The standard InChI is InChI=1S/C17H32O4/c1-7-8-9-10-11-14-12(2)15(19-13(3)18)21-16(20-14)17(4,5)6/h12,14-16H,7-11H2,1-6H3/t12-,14-,15-,16-/m0/s1. The summed E-state index contributed by atoms with van der Waals surface area (Å²) in [6.45, 7) is 11.9. The van der Waals surface area contributed by atoms with Gasteiger partial charge in [-0.05, 0) is 6.42 Å². The lowest BCUT2D eigenvalue weighted by Crippen LogP contribution is -2.50. The molecule has 1 aliphatic heterocycles. The molecule has 1 fully saturated rings. The first kappa shape index (κ1) is 18.4. The summed E-state index contributed by atoms with van der Waals surface area (Å²) < 4.78 is 17.4. The van der Waals surface area contributed by atoms with E-state index in [2.05, 4.69) is 27.7 Å². The molecule has 0 N–H and O–H groups in total. The van der Waals surface area contributed by atoms with Crippen molar-refractivity contribution in [2.75, 3.05) is 0 Å². The van der Waals surface area contributed by atoms with Gasteiger partial charge in [-0.1, -0.05) is 60.3 Å². The van der Waals surface area contributed by atoms with Crippen molar-refractivity contribution in [1.82, 2.24) is 0 Å². The topological polar surface area (TPSA) is 44.8 Å². The van der Waals surface area contributed by atoms with E-state index >= 15 is 0 Å². The molecule has 0 aromatic heterocycles. The third-order valence-electron chi connectivity index (χ3n) is 3.90. The second-order valence-electron chi connectivity index (χ2n) is 7.19. The maximum Gasteiger partial charge on any atom is 0.304 e. The Hall–Kier alpha value is -0.610. The minimum Gasteiger partial charge on any atom is -0.435 e. The van der Waals surface area contributed by atoms with Gasteiger partial charge in [0.1, 0.15) is 0 Å². The molecular weight excluding hydrogens is 268 g/mol. The summed E-state index contributed by atoms with van der Waals surface area (Å²) in [4.78, 5) is 11.3. The van der Waals surface area contributed by atoms with Gasteiger partial charge in [0.15, 0.2) is 6.29 Å². The predicted octanol–water partition coefficient (Wildman–Crippen LogP) is 4.27. The van der Waals surface area contributed by atoms with Crippen molar-refractivity contribution in [3.05, 3.63) is 0 Å². The molecule has 0 amide bonds. The van der Waals surface area contributed by atoms with Crippen LogP contribution in [0.25, 0.3) is 0 Å². The summed E-state index contributed by atoms with van der Waals surface area (Å²) in [5.41, 5.74) is -0.139. The largest absolute Gasteiger partial charge is 0.435 e. The highest BCUT2D eigenvalue weighted by molar-refractivity contribution is 5.66. The number of carbonyl (C=O) groups is 1. The van der Waals surface area contributed by atoms with Crippen molar-refractivity contribution < 1.29 is 19.0 Å². The number of hydrogen-bond acceptors (Lipinski definition) is 4. The first-order valence-electron chi connectivity index (χ1n) is 8.23. The van der Waals surface area contributed by atoms with Crippen LogP contribution in [0.3, 0.4) is 0 Å². The van der Waals surface area contributed by atoms with Gasteiger partial charge < -0.3 is 14.2 Å². The van der Waals surface area contributed by atoms with Gasteiger partial charge in [0.25, 0.3) is 0 Å². The maximum absolute atomic E-state index is 11.3. The molecule has 0 aromatic carbocycles. The molecule has 21 heavy (non-hydrogen) atoms. The molecule has 0 aliphatic carbocycles. The predicted molar refractivity (Wildman–Crippen MR) is 82.7 cm³/mol. The fourth-order valence-electron chi connectivity index (χ4n) is 2.55. The highest BCUT2D eigenvalue weighted by Gasteiger charge is 2.42. The van der Waals surface area contributed by atoms with E-state index in [1.165, 1.54) is 26.2 Å². The van der Waals surface area contributed by atoms with Crippen molar-refractivity contribution in [2.45, 2.75) is 92.3 Å². The van der Waals surface area contributed by atoms with Crippen LogP contribution in [-0.4, -0.2) is 24.7 Å². The Morgan fingerprint density at radius 3 is 2.33 bits per heavy atom. The molecule has 1 aliphatic rings. The SMILES string of the molecule is CCCCCC[C@@H]1O[C@H](C(C)(C)C)O[C@H](OC(C)=O)[C@H]1C. The zero-order valence-corrected chi connectivity index (χ0v) is 14.5. The van der Waals surface area contributed by atoms with Crippen LogP contribution in [0.4, 0.5) is 0 Å². The average molecular weight is 300 g/mol. The van der Waals surface area contributed by atoms with Crippen LogP contribution in [-0.2, 0) is 19.0 Å². The Balaban J connectivity index is 2.67. The van der Waals surface area contributed by atoms with Crippen LogP contribution in [0.2, 0.25) is 0 Å². The molecule has 1 saturated heterocycles. The van der Waals surface area contributed by atoms with Gasteiger partial charge >= 0.3 is 5.97 Å². The summed E-state index contributed by atoms with van der Waals surface area (Å²) in [6, 6.07) is 0. The lowest BCUT2D eigenvalue weighted by Gasteiger charge is -2.44. The molecule has 4 heteroatoms. The normalized spacial score (nSPS) is 30.2. The van der Waals surface area contributed by atoms with Crippen molar-refractivity contribution >= 4 is 5.97 Å². The number of rotatable bonds is 6. The van der Waals surface area contributed by atoms with E-state index in [4.69, 9.17) is 14.2 Å².